The third-order valence-electron chi connectivity index (χ3n) is 3.34. The summed E-state index contributed by atoms with van der Waals surface area (Å²) in [6.07, 6.45) is 1.07. The van der Waals surface area contributed by atoms with E-state index in [9.17, 15) is 0 Å². The molecule has 0 spiro atoms. The number of rotatable bonds is 2. The van der Waals surface area contributed by atoms with Crippen LogP contribution in [-0.2, 0) is 6.42 Å². The Morgan fingerprint density at radius 1 is 1.16 bits per heavy atom. The summed E-state index contributed by atoms with van der Waals surface area (Å²) in [5.41, 5.74) is 5.91. The Morgan fingerprint density at radius 2 is 2.00 bits per heavy atom. The van der Waals surface area contributed by atoms with Gasteiger partial charge in [-0.25, -0.2) is 4.98 Å². The summed E-state index contributed by atoms with van der Waals surface area (Å²) in [4.78, 5) is 8.06. The molecule has 3 heteroatoms. The summed E-state index contributed by atoms with van der Waals surface area (Å²) in [6, 6.07) is 12.8. The number of imidazole rings is 1. The van der Waals surface area contributed by atoms with E-state index >= 15 is 0 Å². The van der Waals surface area contributed by atoms with Crippen LogP contribution in [0.4, 0.5) is 0 Å². The van der Waals surface area contributed by atoms with Crippen molar-refractivity contribution in [3.8, 4) is 11.4 Å². The van der Waals surface area contributed by atoms with E-state index in [1.54, 1.807) is 0 Å². The molecule has 0 aliphatic rings. The molecule has 19 heavy (non-hydrogen) atoms. The average Bonchev–Trinajstić information content (AvgIpc) is 2.81. The van der Waals surface area contributed by atoms with Gasteiger partial charge in [0.05, 0.1) is 11.0 Å². The van der Waals surface area contributed by atoms with Crippen LogP contribution in [0.5, 0.6) is 0 Å². The number of fused-ring (bicyclic) bond motifs is 1. The monoisotopic (exact) mass is 362 g/mol. The highest BCUT2D eigenvalue weighted by molar-refractivity contribution is 14.1. The molecule has 0 saturated heterocycles. The van der Waals surface area contributed by atoms with Crippen molar-refractivity contribution in [3.05, 3.63) is 51.1 Å². The summed E-state index contributed by atoms with van der Waals surface area (Å²) in [5, 5.41) is 0. The molecule has 3 rings (SSSR count). The van der Waals surface area contributed by atoms with Crippen LogP contribution in [0, 0.1) is 10.5 Å². The molecular weight excluding hydrogens is 347 g/mol. The van der Waals surface area contributed by atoms with Crippen LogP contribution >= 0.6 is 22.6 Å². The number of H-pyrrole nitrogens is 1. The second kappa shape index (κ2) is 4.96. The van der Waals surface area contributed by atoms with Gasteiger partial charge in [-0.05, 0) is 65.3 Å². The highest BCUT2D eigenvalue weighted by Crippen LogP contribution is 2.24. The van der Waals surface area contributed by atoms with Crippen molar-refractivity contribution in [2.45, 2.75) is 20.3 Å². The van der Waals surface area contributed by atoms with E-state index in [2.05, 4.69) is 82.8 Å². The first-order valence-corrected chi connectivity index (χ1v) is 7.50. The van der Waals surface area contributed by atoms with Gasteiger partial charge in [0.25, 0.3) is 0 Å². The van der Waals surface area contributed by atoms with Crippen molar-refractivity contribution in [1.29, 1.82) is 0 Å². The van der Waals surface area contributed by atoms with Crippen LogP contribution < -0.4 is 0 Å². The lowest BCUT2D eigenvalue weighted by atomic mass is 10.1. The first-order chi connectivity index (χ1) is 9.17. The molecule has 1 N–H and O–H groups in total. The maximum Gasteiger partial charge on any atom is 0.138 e. The summed E-state index contributed by atoms with van der Waals surface area (Å²) >= 11 is 2.39. The molecule has 96 valence electrons. The lowest BCUT2D eigenvalue weighted by Gasteiger charge is -2.03. The first-order valence-electron chi connectivity index (χ1n) is 6.42. The second-order valence-corrected chi connectivity index (χ2v) is 5.93. The molecule has 0 bridgehead atoms. The van der Waals surface area contributed by atoms with Gasteiger partial charge in [-0.2, -0.15) is 0 Å². The number of hydrogen-bond donors (Lipinski definition) is 1. The molecule has 0 aliphatic carbocycles. The maximum absolute atomic E-state index is 4.66. The third-order valence-corrected chi connectivity index (χ3v) is 4.35. The molecule has 0 fully saturated rings. The Morgan fingerprint density at radius 3 is 2.74 bits per heavy atom. The molecule has 0 atom stereocenters. The molecule has 0 aliphatic heterocycles. The molecule has 1 heterocycles. The topological polar surface area (TPSA) is 28.7 Å². The third kappa shape index (κ3) is 2.39. The average molecular weight is 362 g/mol. The van der Waals surface area contributed by atoms with Crippen LogP contribution in [0.1, 0.15) is 18.1 Å². The zero-order chi connectivity index (χ0) is 13.4. The number of benzene rings is 2. The summed E-state index contributed by atoms with van der Waals surface area (Å²) in [7, 11) is 0. The van der Waals surface area contributed by atoms with Crippen LogP contribution in [0.2, 0.25) is 0 Å². The Labute approximate surface area is 126 Å². The largest absolute Gasteiger partial charge is 0.338 e. The molecule has 2 nitrogen and oxygen atoms in total. The van der Waals surface area contributed by atoms with Crippen LogP contribution in [0.25, 0.3) is 22.4 Å². The maximum atomic E-state index is 4.66. The van der Waals surface area contributed by atoms with E-state index in [1.165, 1.54) is 14.7 Å². The molecule has 2 aromatic carbocycles. The molecule has 0 unspecified atom stereocenters. The smallest absolute Gasteiger partial charge is 0.138 e. The van der Waals surface area contributed by atoms with Crippen molar-refractivity contribution in [2.75, 3.05) is 0 Å². The van der Waals surface area contributed by atoms with Crippen molar-refractivity contribution in [2.24, 2.45) is 0 Å². The summed E-state index contributed by atoms with van der Waals surface area (Å²) in [6.45, 7) is 4.28. The Kier molecular flexibility index (Phi) is 3.31. The van der Waals surface area contributed by atoms with E-state index in [0.717, 1.165) is 28.8 Å². The van der Waals surface area contributed by atoms with E-state index < -0.39 is 0 Å². The minimum Gasteiger partial charge on any atom is -0.338 e. The zero-order valence-corrected chi connectivity index (χ0v) is 13.2. The minimum absolute atomic E-state index is 0.946. The quantitative estimate of drug-likeness (QED) is 0.658. The predicted octanol–water partition coefficient (Wildman–Crippen LogP) is 4.71. The van der Waals surface area contributed by atoms with Crippen molar-refractivity contribution in [3.63, 3.8) is 0 Å². The molecule has 3 aromatic rings. The van der Waals surface area contributed by atoms with Gasteiger partial charge in [0, 0.05) is 9.13 Å². The number of hydrogen-bond acceptors (Lipinski definition) is 1. The number of aryl methyl sites for hydroxylation is 2. The highest BCUT2D eigenvalue weighted by Gasteiger charge is 2.07. The van der Waals surface area contributed by atoms with E-state index in [1.807, 2.05) is 0 Å². The Hall–Kier alpha value is -1.36. The standard InChI is InChI=1S/C16H15IN2/c1-3-11-5-6-12(9-13(11)17)16-18-14-7-4-10(2)8-15(14)19-16/h4-9H,3H2,1-2H3,(H,18,19). The molecular formula is C16H15IN2. The van der Waals surface area contributed by atoms with Crippen LogP contribution in [-0.4, -0.2) is 9.97 Å². The zero-order valence-electron chi connectivity index (χ0n) is 11.0. The number of aromatic nitrogens is 2. The SMILES string of the molecule is CCc1ccc(-c2nc3ccc(C)cc3[nH]2)cc1I. The normalized spacial score (nSPS) is 11.1. The molecule has 0 saturated carbocycles. The number of nitrogens with one attached hydrogen (secondary N) is 1. The Balaban J connectivity index is 2.11. The van der Waals surface area contributed by atoms with Crippen molar-refractivity contribution in [1.82, 2.24) is 9.97 Å². The van der Waals surface area contributed by atoms with Gasteiger partial charge < -0.3 is 4.98 Å². The van der Waals surface area contributed by atoms with Gasteiger partial charge in [0.15, 0.2) is 0 Å². The van der Waals surface area contributed by atoms with Crippen molar-refractivity contribution >= 4 is 33.6 Å². The lowest BCUT2D eigenvalue weighted by Crippen LogP contribution is -1.88. The molecule has 0 amide bonds. The Bertz CT molecular complexity index is 744. The highest BCUT2D eigenvalue weighted by atomic mass is 127. The minimum atomic E-state index is 0.946. The fourth-order valence-corrected chi connectivity index (χ4v) is 3.14. The lowest BCUT2D eigenvalue weighted by molar-refractivity contribution is 1.12. The number of nitrogens with zero attached hydrogens (tertiary/aromatic N) is 1. The van der Waals surface area contributed by atoms with Gasteiger partial charge >= 0.3 is 0 Å². The van der Waals surface area contributed by atoms with Gasteiger partial charge in [-0.3, -0.25) is 0 Å². The predicted molar refractivity (Wildman–Crippen MR) is 88.4 cm³/mol. The molecule has 0 radical (unpaired) electrons. The van der Waals surface area contributed by atoms with Gasteiger partial charge in [-0.15, -0.1) is 0 Å². The fourth-order valence-electron chi connectivity index (χ4n) is 2.24. The number of aromatic amines is 1. The van der Waals surface area contributed by atoms with Gasteiger partial charge in [-0.1, -0.05) is 25.1 Å². The van der Waals surface area contributed by atoms with Gasteiger partial charge in [0.1, 0.15) is 5.82 Å². The summed E-state index contributed by atoms with van der Waals surface area (Å²) in [5.74, 6) is 0.946. The fraction of sp³-hybridized carbons (Fsp3) is 0.188. The van der Waals surface area contributed by atoms with Gasteiger partial charge in [0.2, 0.25) is 0 Å². The van der Waals surface area contributed by atoms with E-state index in [4.69, 9.17) is 0 Å². The van der Waals surface area contributed by atoms with E-state index in [0.29, 0.717) is 0 Å². The summed E-state index contributed by atoms with van der Waals surface area (Å²) < 4.78 is 1.30. The van der Waals surface area contributed by atoms with E-state index in [-0.39, 0.29) is 0 Å². The van der Waals surface area contributed by atoms with Crippen molar-refractivity contribution < 1.29 is 0 Å². The second-order valence-electron chi connectivity index (χ2n) is 4.77. The number of halogens is 1. The van der Waals surface area contributed by atoms with Crippen LogP contribution in [0.15, 0.2) is 36.4 Å². The first kappa shape index (κ1) is 12.7. The molecule has 1 aromatic heterocycles. The van der Waals surface area contributed by atoms with Crippen LogP contribution in [0.3, 0.4) is 0 Å².